The number of Topliss-reactive ketones (excluding diaryl/α,β-unsaturated/α-hetero) is 1. The summed E-state index contributed by atoms with van der Waals surface area (Å²) in [4.78, 5) is 29.8. The fraction of sp³-hybridized carbons (Fsp3) is 0.231. The van der Waals surface area contributed by atoms with Crippen LogP contribution >= 0.6 is 0 Å². The number of nitrogens with zero attached hydrogens (tertiary/aromatic N) is 2. The first kappa shape index (κ1) is 21.6. The first-order valence-corrected chi connectivity index (χ1v) is 10.9. The molecular formula is C26H24N2O6. The normalized spacial score (nSPS) is 18.9. The lowest BCUT2D eigenvalue weighted by atomic mass is 9.99. The van der Waals surface area contributed by atoms with Crippen molar-refractivity contribution in [1.29, 1.82) is 0 Å². The predicted octanol–water partition coefficient (Wildman–Crippen LogP) is 4.05. The number of ether oxygens (including phenoxy) is 2. The number of aliphatic hydroxyl groups is 1. The summed E-state index contributed by atoms with van der Waals surface area (Å²) in [6, 6.07) is 14.7. The molecule has 3 heterocycles. The highest BCUT2D eigenvalue weighted by molar-refractivity contribution is 6.51. The summed E-state index contributed by atoms with van der Waals surface area (Å²) in [5.74, 6) is 0.202. The summed E-state index contributed by atoms with van der Waals surface area (Å²) >= 11 is 0. The van der Waals surface area contributed by atoms with Gasteiger partial charge in [-0.25, -0.2) is 0 Å². The molecule has 1 aromatic heterocycles. The Morgan fingerprint density at radius 2 is 1.68 bits per heavy atom. The fourth-order valence-corrected chi connectivity index (χ4v) is 4.23. The summed E-state index contributed by atoms with van der Waals surface area (Å²) in [6.07, 6.45) is 0. The Kier molecular flexibility index (Phi) is 5.28. The monoisotopic (exact) mass is 460 g/mol. The molecule has 2 aromatic carbocycles. The van der Waals surface area contributed by atoms with E-state index in [9.17, 15) is 14.7 Å². The predicted molar refractivity (Wildman–Crippen MR) is 126 cm³/mol. The Labute approximate surface area is 196 Å². The van der Waals surface area contributed by atoms with E-state index in [1.165, 1.54) is 4.90 Å². The van der Waals surface area contributed by atoms with Crippen molar-refractivity contribution in [2.45, 2.75) is 13.0 Å². The van der Waals surface area contributed by atoms with Gasteiger partial charge in [0.1, 0.15) is 36.5 Å². The van der Waals surface area contributed by atoms with Gasteiger partial charge in [-0.2, -0.15) is 0 Å². The molecule has 1 unspecified atom stereocenters. The van der Waals surface area contributed by atoms with Gasteiger partial charge in [0.15, 0.2) is 11.5 Å². The third kappa shape index (κ3) is 3.57. The van der Waals surface area contributed by atoms with Crippen molar-refractivity contribution in [3.05, 3.63) is 77.3 Å². The van der Waals surface area contributed by atoms with Crippen molar-refractivity contribution in [3.8, 4) is 11.5 Å². The van der Waals surface area contributed by atoms with E-state index >= 15 is 0 Å². The molecule has 0 saturated carbocycles. The smallest absolute Gasteiger partial charge is 0.300 e. The molecule has 2 aliphatic rings. The van der Waals surface area contributed by atoms with Crippen LogP contribution in [0.4, 0.5) is 11.4 Å². The van der Waals surface area contributed by atoms with Crippen molar-refractivity contribution < 1.29 is 28.6 Å². The molecule has 1 atom stereocenters. The number of carbonyl (C=O) groups excluding carboxylic acids is 2. The summed E-state index contributed by atoms with van der Waals surface area (Å²) in [6.45, 7) is 2.60. The van der Waals surface area contributed by atoms with Crippen molar-refractivity contribution in [3.63, 3.8) is 0 Å². The average molecular weight is 460 g/mol. The highest BCUT2D eigenvalue weighted by Crippen LogP contribution is 2.43. The van der Waals surface area contributed by atoms with Crippen LogP contribution in [-0.4, -0.2) is 44.1 Å². The quantitative estimate of drug-likeness (QED) is 0.357. The molecule has 34 heavy (non-hydrogen) atoms. The maximum atomic E-state index is 13.2. The number of hydrogen-bond donors (Lipinski definition) is 1. The van der Waals surface area contributed by atoms with Crippen LogP contribution in [0, 0.1) is 6.92 Å². The van der Waals surface area contributed by atoms with Gasteiger partial charge in [-0.3, -0.25) is 14.5 Å². The molecule has 0 radical (unpaired) electrons. The van der Waals surface area contributed by atoms with Crippen LogP contribution in [0.1, 0.15) is 23.1 Å². The van der Waals surface area contributed by atoms with Gasteiger partial charge in [0.25, 0.3) is 11.7 Å². The SMILES string of the molecule is Cc1ccc(C2/C(=C(/O)c3ccc4c(c3)OCCO4)C(=O)C(=O)N2c2ccc(N(C)C)cc2)o1. The lowest BCUT2D eigenvalue weighted by Crippen LogP contribution is -2.29. The van der Waals surface area contributed by atoms with Crippen LogP contribution in [0.15, 0.2) is 64.6 Å². The number of anilines is 2. The molecule has 8 heteroatoms. The standard InChI is InChI=1S/C26H24N2O6/c1-15-4-10-20(34-15)23-22(24(29)16-5-11-19-21(14-16)33-13-12-32-19)25(30)26(31)28(23)18-8-6-17(7-9-18)27(2)3/h4-11,14,23,29H,12-13H2,1-3H3/b24-22-. The number of rotatable bonds is 4. The minimum absolute atomic E-state index is 0.0484. The molecular weight excluding hydrogens is 436 g/mol. The third-order valence-electron chi connectivity index (χ3n) is 5.93. The topological polar surface area (TPSA) is 92.4 Å². The highest BCUT2D eigenvalue weighted by Gasteiger charge is 2.48. The fourth-order valence-electron chi connectivity index (χ4n) is 4.23. The van der Waals surface area contributed by atoms with Crippen LogP contribution in [0.5, 0.6) is 11.5 Å². The average Bonchev–Trinajstić information content (AvgIpc) is 3.39. The van der Waals surface area contributed by atoms with Gasteiger partial charge in [-0.1, -0.05) is 0 Å². The summed E-state index contributed by atoms with van der Waals surface area (Å²) < 4.78 is 17.0. The molecule has 1 N–H and O–H groups in total. The van der Waals surface area contributed by atoms with Gasteiger partial charge in [-0.05, 0) is 61.5 Å². The third-order valence-corrected chi connectivity index (χ3v) is 5.93. The molecule has 1 saturated heterocycles. The summed E-state index contributed by atoms with van der Waals surface area (Å²) in [5, 5.41) is 11.3. The number of ketones is 1. The maximum Gasteiger partial charge on any atom is 0.300 e. The molecule has 1 amide bonds. The van der Waals surface area contributed by atoms with Gasteiger partial charge in [-0.15, -0.1) is 0 Å². The number of hydrogen-bond acceptors (Lipinski definition) is 7. The Hall–Kier alpha value is -4.20. The van der Waals surface area contributed by atoms with Gasteiger partial charge in [0.05, 0.1) is 5.57 Å². The van der Waals surface area contributed by atoms with E-state index in [2.05, 4.69) is 0 Å². The Balaban J connectivity index is 1.65. The Morgan fingerprint density at radius 1 is 0.971 bits per heavy atom. The van der Waals surface area contributed by atoms with E-state index in [0.717, 1.165) is 5.69 Å². The number of fused-ring (bicyclic) bond motifs is 1. The lowest BCUT2D eigenvalue weighted by Gasteiger charge is -2.24. The first-order valence-electron chi connectivity index (χ1n) is 10.9. The molecule has 1 fully saturated rings. The number of aliphatic hydroxyl groups excluding tert-OH is 1. The molecule has 0 spiro atoms. The van der Waals surface area contributed by atoms with Gasteiger partial charge < -0.3 is 23.9 Å². The minimum atomic E-state index is -0.924. The van der Waals surface area contributed by atoms with Crippen molar-refractivity contribution in [2.24, 2.45) is 0 Å². The second-order valence-electron chi connectivity index (χ2n) is 8.39. The van der Waals surface area contributed by atoms with Crippen LogP contribution in [0.2, 0.25) is 0 Å². The van der Waals surface area contributed by atoms with Crippen LogP contribution in [0.25, 0.3) is 5.76 Å². The van der Waals surface area contributed by atoms with E-state index in [4.69, 9.17) is 13.9 Å². The maximum absolute atomic E-state index is 13.2. The zero-order valence-corrected chi connectivity index (χ0v) is 19.1. The van der Waals surface area contributed by atoms with Gasteiger partial charge >= 0.3 is 0 Å². The number of benzene rings is 2. The molecule has 5 rings (SSSR count). The van der Waals surface area contributed by atoms with Crippen LogP contribution < -0.4 is 19.3 Å². The van der Waals surface area contributed by atoms with E-state index < -0.39 is 17.7 Å². The Bertz CT molecular complexity index is 1310. The minimum Gasteiger partial charge on any atom is -0.507 e. The van der Waals surface area contributed by atoms with E-state index in [1.54, 1.807) is 49.4 Å². The molecule has 2 aliphatic heterocycles. The van der Waals surface area contributed by atoms with Gasteiger partial charge in [0.2, 0.25) is 0 Å². The van der Waals surface area contributed by atoms with E-state index in [-0.39, 0.29) is 11.3 Å². The molecule has 0 bridgehead atoms. The lowest BCUT2D eigenvalue weighted by molar-refractivity contribution is -0.132. The molecule has 3 aromatic rings. The Morgan fingerprint density at radius 3 is 2.32 bits per heavy atom. The van der Waals surface area contributed by atoms with Crippen molar-refractivity contribution >= 4 is 28.8 Å². The number of furan rings is 1. The zero-order chi connectivity index (χ0) is 24.0. The number of carbonyl (C=O) groups is 2. The molecule has 174 valence electrons. The van der Waals surface area contributed by atoms with Crippen molar-refractivity contribution in [2.75, 3.05) is 37.1 Å². The molecule has 8 nitrogen and oxygen atoms in total. The molecule has 0 aliphatic carbocycles. The number of aryl methyl sites for hydroxylation is 1. The van der Waals surface area contributed by atoms with Crippen LogP contribution in [0.3, 0.4) is 0 Å². The summed E-state index contributed by atoms with van der Waals surface area (Å²) in [7, 11) is 3.83. The first-order chi connectivity index (χ1) is 16.3. The zero-order valence-electron chi connectivity index (χ0n) is 19.1. The number of amides is 1. The summed E-state index contributed by atoms with van der Waals surface area (Å²) in [5.41, 5.74) is 1.76. The second-order valence-corrected chi connectivity index (χ2v) is 8.39. The van der Waals surface area contributed by atoms with E-state index in [1.807, 2.05) is 31.1 Å². The van der Waals surface area contributed by atoms with Gasteiger partial charge in [0, 0.05) is 31.0 Å². The van der Waals surface area contributed by atoms with Crippen molar-refractivity contribution in [1.82, 2.24) is 0 Å². The van der Waals surface area contributed by atoms with Crippen LogP contribution in [-0.2, 0) is 9.59 Å². The van der Waals surface area contributed by atoms with E-state index in [0.29, 0.717) is 47.5 Å². The highest BCUT2D eigenvalue weighted by atomic mass is 16.6. The largest absolute Gasteiger partial charge is 0.507 e. The second kappa shape index (κ2) is 8.30.